The van der Waals surface area contributed by atoms with Crippen LogP contribution in [0.5, 0.6) is 5.75 Å². The summed E-state index contributed by atoms with van der Waals surface area (Å²) in [6, 6.07) is 5.90. The monoisotopic (exact) mass is 282 g/mol. The van der Waals surface area contributed by atoms with E-state index in [1.165, 1.54) is 6.42 Å². The molecule has 2 fully saturated rings. The molecule has 2 nitrogen and oxygen atoms in total. The van der Waals surface area contributed by atoms with Gasteiger partial charge in [-0.3, -0.25) is 0 Å². The van der Waals surface area contributed by atoms with E-state index in [1.54, 1.807) is 7.11 Å². The van der Waals surface area contributed by atoms with Crippen molar-refractivity contribution < 1.29 is 9.84 Å². The Labute approximate surface area is 104 Å². The van der Waals surface area contributed by atoms with Gasteiger partial charge in [-0.1, -0.05) is 28.4 Å². The van der Waals surface area contributed by atoms with Gasteiger partial charge in [0.15, 0.2) is 0 Å². The number of hydrogen-bond acceptors (Lipinski definition) is 2. The molecule has 0 spiro atoms. The second kappa shape index (κ2) is 3.47. The first kappa shape index (κ1) is 10.6. The van der Waals surface area contributed by atoms with E-state index < -0.39 is 5.60 Å². The molecule has 0 amide bonds. The second-order valence-corrected chi connectivity index (χ2v) is 5.73. The highest BCUT2D eigenvalue weighted by atomic mass is 79.9. The van der Waals surface area contributed by atoms with Gasteiger partial charge in [0.05, 0.1) is 12.7 Å². The van der Waals surface area contributed by atoms with E-state index >= 15 is 0 Å². The second-order valence-electron chi connectivity index (χ2n) is 4.81. The first-order chi connectivity index (χ1) is 7.67. The summed E-state index contributed by atoms with van der Waals surface area (Å²) in [4.78, 5) is 0. The van der Waals surface area contributed by atoms with Gasteiger partial charge in [-0.05, 0) is 36.8 Å². The summed E-state index contributed by atoms with van der Waals surface area (Å²) in [6.07, 6.45) is 3.57. The Hall–Kier alpha value is -0.540. The summed E-state index contributed by atoms with van der Waals surface area (Å²) >= 11 is 3.42. The number of ether oxygens (including phenoxy) is 1. The van der Waals surface area contributed by atoms with Crippen LogP contribution >= 0.6 is 15.9 Å². The van der Waals surface area contributed by atoms with E-state index in [1.807, 2.05) is 18.2 Å². The van der Waals surface area contributed by atoms with Gasteiger partial charge in [-0.15, -0.1) is 0 Å². The molecule has 1 aromatic rings. The molecule has 1 N–H and O–H groups in total. The molecular formula is C13H15BrO2. The standard InChI is InChI=1S/C13H15BrO2/c1-16-12-7-8(14)5-6-11(12)13(15)9-3-2-4-10(9)13/h5-7,9-10,15H,2-4H2,1H3. The maximum Gasteiger partial charge on any atom is 0.126 e. The SMILES string of the molecule is COc1cc(Br)ccc1C1(O)C2CCCC21. The van der Waals surface area contributed by atoms with E-state index in [2.05, 4.69) is 15.9 Å². The van der Waals surface area contributed by atoms with Crippen molar-refractivity contribution in [1.29, 1.82) is 0 Å². The van der Waals surface area contributed by atoms with Gasteiger partial charge >= 0.3 is 0 Å². The van der Waals surface area contributed by atoms with Gasteiger partial charge < -0.3 is 9.84 Å². The lowest BCUT2D eigenvalue weighted by molar-refractivity contribution is 0.102. The normalized spacial score (nSPS) is 35.9. The number of halogens is 1. The van der Waals surface area contributed by atoms with Crippen molar-refractivity contribution in [3.63, 3.8) is 0 Å². The number of aliphatic hydroxyl groups is 1. The quantitative estimate of drug-likeness (QED) is 0.903. The third-order valence-electron chi connectivity index (χ3n) is 4.13. The first-order valence-corrected chi connectivity index (χ1v) is 6.53. The van der Waals surface area contributed by atoms with E-state index in [9.17, 15) is 5.11 Å². The zero-order valence-corrected chi connectivity index (χ0v) is 10.8. The number of rotatable bonds is 2. The molecule has 0 aliphatic heterocycles. The van der Waals surface area contributed by atoms with Crippen LogP contribution in [0.2, 0.25) is 0 Å². The highest BCUT2D eigenvalue weighted by Crippen LogP contribution is 2.67. The summed E-state index contributed by atoms with van der Waals surface area (Å²) in [5.41, 5.74) is 0.359. The minimum Gasteiger partial charge on any atom is -0.496 e. The molecule has 0 aromatic heterocycles. The maximum absolute atomic E-state index is 10.7. The van der Waals surface area contributed by atoms with E-state index in [-0.39, 0.29) is 0 Å². The zero-order valence-electron chi connectivity index (χ0n) is 9.24. The molecule has 2 aliphatic rings. The van der Waals surface area contributed by atoms with E-state index in [4.69, 9.17) is 4.74 Å². The van der Waals surface area contributed by atoms with Gasteiger partial charge in [0.2, 0.25) is 0 Å². The molecule has 0 heterocycles. The molecule has 0 saturated heterocycles. The van der Waals surface area contributed by atoms with Crippen molar-refractivity contribution in [3.8, 4) is 5.75 Å². The van der Waals surface area contributed by atoms with E-state index in [0.717, 1.165) is 28.6 Å². The van der Waals surface area contributed by atoms with Crippen LogP contribution in [0.1, 0.15) is 24.8 Å². The Morgan fingerprint density at radius 1 is 1.38 bits per heavy atom. The summed E-state index contributed by atoms with van der Waals surface area (Å²) < 4.78 is 6.36. The summed E-state index contributed by atoms with van der Waals surface area (Å²) in [6.45, 7) is 0. The summed E-state index contributed by atoms with van der Waals surface area (Å²) in [5.74, 6) is 1.72. The van der Waals surface area contributed by atoms with Gasteiger partial charge in [-0.2, -0.15) is 0 Å². The summed E-state index contributed by atoms with van der Waals surface area (Å²) in [7, 11) is 1.66. The maximum atomic E-state index is 10.7. The van der Waals surface area contributed by atoms with Crippen LogP contribution in [0.15, 0.2) is 22.7 Å². The first-order valence-electron chi connectivity index (χ1n) is 5.74. The third kappa shape index (κ3) is 1.28. The van der Waals surface area contributed by atoms with Crippen LogP contribution in [-0.2, 0) is 5.60 Å². The fourth-order valence-corrected chi connectivity index (χ4v) is 3.66. The number of benzene rings is 1. The predicted octanol–water partition coefficient (Wildman–Crippen LogP) is 3.08. The molecule has 1 aromatic carbocycles. The van der Waals surface area contributed by atoms with Crippen LogP contribution in [0.4, 0.5) is 0 Å². The number of methoxy groups -OCH3 is 1. The molecule has 3 heteroatoms. The number of hydrogen-bond donors (Lipinski definition) is 1. The highest BCUT2D eigenvalue weighted by Gasteiger charge is 2.67. The molecule has 2 saturated carbocycles. The van der Waals surface area contributed by atoms with Gasteiger partial charge in [-0.25, -0.2) is 0 Å². The average molecular weight is 283 g/mol. The van der Waals surface area contributed by atoms with Crippen LogP contribution < -0.4 is 4.74 Å². The van der Waals surface area contributed by atoms with Crippen LogP contribution in [0.25, 0.3) is 0 Å². The molecule has 3 rings (SSSR count). The molecule has 2 unspecified atom stereocenters. The highest BCUT2D eigenvalue weighted by molar-refractivity contribution is 9.10. The largest absolute Gasteiger partial charge is 0.496 e. The van der Waals surface area contributed by atoms with Crippen molar-refractivity contribution in [2.45, 2.75) is 24.9 Å². The average Bonchev–Trinajstić information content (AvgIpc) is 2.70. The molecular weight excluding hydrogens is 268 g/mol. The van der Waals surface area contributed by atoms with E-state index in [0.29, 0.717) is 11.8 Å². The van der Waals surface area contributed by atoms with Crippen molar-refractivity contribution in [1.82, 2.24) is 0 Å². The fraction of sp³-hybridized carbons (Fsp3) is 0.538. The lowest BCUT2D eigenvalue weighted by atomic mass is 9.98. The Bertz CT molecular complexity index is 420. The minimum atomic E-state index is -0.607. The molecule has 16 heavy (non-hydrogen) atoms. The van der Waals surface area contributed by atoms with Crippen LogP contribution in [0.3, 0.4) is 0 Å². The summed E-state index contributed by atoms with van der Waals surface area (Å²) in [5, 5.41) is 10.7. The van der Waals surface area contributed by atoms with Gasteiger partial charge in [0, 0.05) is 10.0 Å². The Kier molecular flexibility index (Phi) is 2.30. The Morgan fingerprint density at radius 3 is 2.69 bits per heavy atom. The lowest BCUT2D eigenvalue weighted by Crippen LogP contribution is -2.14. The molecule has 2 aliphatic carbocycles. The fourth-order valence-electron chi connectivity index (χ4n) is 3.32. The van der Waals surface area contributed by atoms with Crippen LogP contribution in [-0.4, -0.2) is 12.2 Å². The zero-order chi connectivity index (χ0) is 11.3. The predicted molar refractivity (Wildman–Crippen MR) is 65.4 cm³/mol. The van der Waals surface area contributed by atoms with Crippen LogP contribution in [0, 0.1) is 11.8 Å². The Balaban J connectivity index is 2.01. The smallest absolute Gasteiger partial charge is 0.126 e. The van der Waals surface area contributed by atoms with Crippen molar-refractivity contribution >= 4 is 15.9 Å². The van der Waals surface area contributed by atoms with Crippen molar-refractivity contribution in [3.05, 3.63) is 28.2 Å². The minimum absolute atomic E-state index is 0.461. The van der Waals surface area contributed by atoms with Crippen molar-refractivity contribution in [2.24, 2.45) is 11.8 Å². The molecule has 2 atom stereocenters. The van der Waals surface area contributed by atoms with Gasteiger partial charge in [0.25, 0.3) is 0 Å². The Morgan fingerprint density at radius 2 is 2.06 bits per heavy atom. The topological polar surface area (TPSA) is 29.5 Å². The molecule has 0 radical (unpaired) electrons. The third-order valence-corrected chi connectivity index (χ3v) is 4.63. The molecule has 0 bridgehead atoms. The lowest BCUT2D eigenvalue weighted by Gasteiger charge is -2.18. The van der Waals surface area contributed by atoms with Gasteiger partial charge in [0.1, 0.15) is 5.75 Å². The molecule has 86 valence electrons. The van der Waals surface area contributed by atoms with Crippen molar-refractivity contribution in [2.75, 3.05) is 7.11 Å². The number of fused-ring (bicyclic) bond motifs is 1.